The molecule has 1 aromatic carbocycles. The van der Waals surface area contributed by atoms with Crippen LogP contribution in [-0.2, 0) is 6.42 Å². The fourth-order valence-electron chi connectivity index (χ4n) is 1.69. The lowest BCUT2D eigenvalue weighted by molar-refractivity contribution is 0.297. The molecule has 2 N–H and O–H groups in total. The molecule has 0 aromatic heterocycles. The molecule has 3 heteroatoms. The molecule has 0 heterocycles. The first-order chi connectivity index (χ1) is 7.81. The number of halogens is 1. The maximum absolute atomic E-state index is 6.16. The molecule has 16 heavy (non-hydrogen) atoms. The van der Waals surface area contributed by atoms with Gasteiger partial charge in [-0.3, -0.25) is 0 Å². The van der Waals surface area contributed by atoms with Crippen LogP contribution in [0.4, 0.5) is 0 Å². The van der Waals surface area contributed by atoms with Crippen molar-refractivity contribution < 1.29 is 4.74 Å². The van der Waals surface area contributed by atoms with E-state index in [1.807, 2.05) is 12.1 Å². The average molecular weight is 240 g/mol. The number of benzene rings is 1. The minimum atomic E-state index is 0.703. The smallest absolute Gasteiger partial charge is 0.141 e. The quantitative estimate of drug-likeness (QED) is 0.828. The minimum Gasteiger partial charge on any atom is -0.491 e. The van der Waals surface area contributed by atoms with Gasteiger partial charge in [0, 0.05) is 0 Å². The van der Waals surface area contributed by atoms with Crippen molar-refractivity contribution in [2.75, 3.05) is 13.2 Å². The Morgan fingerprint density at radius 3 is 2.88 bits per heavy atom. The molecule has 1 aliphatic carbocycles. The third-order valence-electron chi connectivity index (χ3n) is 2.86. The molecule has 0 aliphatic heterocycles. The highest BCUT2D eigenvalue weighted by Crippen LogP contribution is 2.34. The maximum Gasteiger partial charge on any atom is 0.141 e. The summed E-state index contributed by atoms with van der Waals surface area (Å²) < 4.78 is 5.82. The van der Waals surface area contributed by atoms with Crippen molar-refractivity contribution in [2.45, 2.75) is 25.7 Å². The second-order valence-electron chi connectivity index (χ2n) is 4.37. The average Bonchev–Trinajstić information content (AvgIpc) is 3.09. The van der Waals surface area contributed by atoms with Gasteiger partial charge in [-0.15, -0.1) is 0 Å². The molecule has 0 bridgehead atoms. The number of ether oxygens (including phenoxy) is 1. The third kappa shape index (κ3) is 3.13. The van der Waals surface area contributed by atoms with Crippen molar-refractivity contribution in [2.24, 2.45) is 11.7 Å². The lowest BCUT2D eigenvalue weighted by Crippen LogP contribution is -2.05. The SMILES string of the molecule is NCCCc1cccc(Cl)c1OCC1CC1. The first-order valence-electron chi connectivity index (χ1n) is 5.91. The van der Waals surface area contributed by atoms with Gasteiger partial charge in [0.25, 0.3) is 0 Å². The third-order valence-corrected chi connectivity index (χ3v) is 3.16. The van der Waals surface area contributed by atoms with Gasteiger partial charge in [-0.1, -0.05) is 23.7 Å². The van der Waals surface area contributed by atoms with Crippen LogP contribution in [0.25, 0.3) is 0 Å². The van der Waals surface area contributed by atoms with Crippen LogP contribution in [0.2, 0.25) is 5.02 Å². The van der Waals surface area contributed by atoms with Crippen molar-refractivity contribution in [1.82, 2.24) is 0 Å². The van der Waals surface area contributed by atoms with Crippen molar-refractivity contribution in [3.05, 3.63) is 28.8 Å². The van der Waals surface area contributed by atoms with E-state index in [1.54, 1.807) is 0 Å². The van der Waals surface area contributed by atoms with Gasteiger partial charge in [0.05, 0.1) is 11.6 Å². The lowest BCUT2D eigenvalue weighted by Gasteiger charge is -2.12. The summed E-state index contributed by atoms with van der Waals surface area (Å²) in [5.74, 6) is 1.61. The van der Waals surface area contributed by atoms with Crippen molar-refractivity contribution in [3.63, 3.8) is 0 Å². The second kappa shape index (κ2) is 5.55. The highest BCUT2D eigenvalue weighted by molar-refractivity contribution is 6.32. The molecule has 1 saturated carbocycles. The Bertz CT molecular complexity index is 350. The molecular formula is C13H18ClNO. The molecule has 2 nitrogen and oxygen atoms in total. The Morgan fingerprint density at radius 1 is 1.38 bits per heavy atom. The molecule has 0 atom stereocenters. The van der Waals surface area contributed by atoms with E-state index in [4.69, 9.17) is 22.1 Å². The van der Waals surface area contributed by atoms with Crippen LogP contribution in [0.1, 0.15) is 24.8 Å². The van der Waals surface area contributed by atoms with Crippen LogP contribution >= 0.6 is 11.6 Å². The standard InChI is InChI=1S/C13H18ClNO/c14-12-5-1-3-11(4-2-8-15)13(12)16-9-10-6-7-10/h1,3,5,10H,2,4,6-9,15H2. The van der Waals surface area contributed by atoms with Gasteiger partial charge in [-0.25, -0.2) is 0 Å². The fourth-order valence-corrected chi connectivity index (χ4v) is 1.94. The van der Waals surface area contributed by atoms with Crippen molar-refractivity contribution in [3.8, 4) is 5.75 Å². The van der Waals surface area contributed by atoms with Crippen LogP contribution in [0.5, 0.6) is 5.75 Å². The van der Waals surface area contributed by atoms with Gasteiger partial charge in [0.1, 0.15) is 5.75 Å². The number of nitrogens with two attached hydrogens (primary N) is 1. The van der Waals surface area contributed by atoms with Gasteiger partial charge in [0.15, 0.2) is 0 Å². The molecule has 0 saturated heterocycles. The largest absolute Gasteiger partial charge is 0.491 e. The van der Waals surface area contributed by atoms with Gasteiger partial charge >= 0.3 is 0 Å². The van der Waals surface area contributed by atoms with Crippen molar-refractivity contribution >= 4 is 11.6 Å². The molecular weight excluding hydrogens is 222 g/mol. The molecule has 0 amide bonds. The molecule has 1 aromatic rings. The predicted octanol–water partition coefficient (Wildman–Crippen LogP) is 3.02. The molecule has 1 fully saturated rings. The van der Waals surface area contributed by atoms with E-state index < -0.39 is 0 Å². The molecule has 0 unspecified atom stereocenters. The van der Waals surface area contributed by atoms with E-state index in [2.05, 4.69) is 6.07 Å². The van der Waals surface area contributed by atoms with Crippen molar-refractivity contribution in [1.29, 1.82) is 0 Å². The Hall–Kier alpha value is -0.730. The summed E-state index contributed by atoms with van der Waals surface area (Å²) >= 11 is 6.16. The van der Waals surface area contributed by atoms with Gasteiger partial charge in [-0.05, 0) is 49.8 Å². The zero-order valence-corrected chi connectivity index (χ0v) is 10.2. The summed E-state index contributed by atoms with van der Waals surface area (Å²) in [5.41, 5.74) is 6.70. The number of aryl methyl sites for hydroxylation is 1. The first-order valence-corrected chi connectivity index (χ1v) is 6.29. The lowest BCUT2D eigenvalue weighted by atomic mass is 10.1. The Balaban J connectivity index is 2.04. The molecule has 0 spiro atoms. The molecule has 2 rings (SSSR count). The van der Waals surface area contributed by atoms with E-state index in [0.29, 0.717) is 6.54 Å². The highest BCUT2D eigenvalue weighted by atomic mass is 35.5. The van der Waals surface area contributed by atoms with Crippen LogP contribution < -0.4 is 10.5 Å². The molecule has 88 valence electrons. The van der Waals surface area contributed by atoms with E-state index in [9.17, 15) is 0 Å². The monoisotopic (exact) mass is 239 g/mol. The van der Waals surface area contributed by atoms with E-state index in [1.165, 1.54) is 18.4 Å². The van der Waals surface area contributed by atoms with Crippen LogP contribution in [0, 0.1) is 5.92 Å². The summed E-state index contributed by atoms with van der Waals surface area (Å²) in [5, 5.41) is 0.718. The number of hydrogen-bond acceptors (Lipinski definition) is 2. The highest BCUT2D eigenvalue weighted by Gasteiger charge is 2.22. The Morgan fingerprint density at radius 2 is 2.19 bits per heavy atom. The number of rotatable bonds is 6. The first kappa shape index (κ1) is 11.7. The van der Waals surface area contributed by atoms with Crippen LogP contribution in [-0.4, -0.2) is 13.2 Å². The van der Waals surface area contributed by atoms with E-state index in [-0.39, 0.29) is 0 Å². The summed E-state index contributed by atoms with van der Waals surface area (Å²) in [6, 6.07) is 5.93. The van der Waals surface area contributed by atoms with Gasteiger partial charge in [-0.2, -0.15) is 0 Å². The summed E-state index contributed by atoms with van der Waals surface area (Å²) in [4.78, 5) is 0. The van der Waals surface area contributed by atoms with Crippen LogP contribution in [0.15, 0.2) is 18.2 Å². The summed E-state index contributed by atoms with van der Waals surface area (Å²) in [7, 11) is 0. The number of hydrogen-bond donors (Lipinski definition) is 1. The Labute approximate surface area is 102 Å². The zero-order valence-electron chi connectivity index (χ0n) is 9.42. The van der Waals surface area contributed by atoms with E-state index >= 15 is 0 Å². The second-order valence-corrected chi connectivity index (χ2v) is 4.78. The van der Waals surface area contributed by atoms with Gasteiger partial charge in [0.2, 0.25) is 0 Å². The maximum atomic E-state index is 6.16. The topological polar surface area (TPSA) is 35.2 Å². The minimum absolute atomic E-state index is 0.703. The molecule has 0 radical (unpaired) electrons. The summed E-state index contributed by atoms with van der Waals surface area (Å²) in [6.45, 7) is 1.51. The normalized spacial score (nSPS) is 15.1. The summed E-state index contributed by atoms with van der Waals surface area (Å²) in [6.07, 6.45) is 4.50. The van der Waals surface area contributed by atoms with Gasteiger partial charge < -0.3 is 10.5 Å². The van der Waals surface area contributed by atoms with Crippen LogP contribution in [0.3, 0.4) is 0 Å². The predicted molar refractivity (Wildman–Crippen MR) is 67.0 cm³/mol. The zero-order chi connectivity index (χ0) is 11.4. The Kier molecular flexibility index (Phi) is 4.08. The number of para-hydroxylation sites is 1. The molecule has 1 aliphatic rings. The van der Waals surface area contributed by atoms with E-state index in [0.717, 1.165) is 36.1 Å². The fraction of sp³-hybridized carbons (Fsp3) is 0.538.